The van der Waals surface area contributed by atoms with Crippen molar-refractivity contribution >= 4 is 23.8 Å². The molecule has 0 spiro atoms. The highest BCUT2D eigenvalue weighted by Crippen LogP contribution is 2.41. The Morgan fingerprint density at radius 3 is 3.00 bits per heavy atom. The van der Waals surface area contributed by atoms with Gasteiger partial charge in [0.2, 0.25) is 0 Å². The topological polar surface area (TPSA) is 33.0 Å². The average molecular weight is 234 g/mol. The number of benzene rings is 1. The second-order valence-corrected chi connectivity index (χ2v) is 3.84. The number of alkyl halides is 1. The van der Waals surface area contributed by atoms with Gasteiger partial charge >= 0.3 is 0 Å². The van der Waals surface area contributed by atoms with Crippen LogP contribution in [0, 0.1) is 11.3 Å². The van der Waals surface area contributed by atoms with Gasteiger partial charge in [0.05, 0.1) is 22.5 Å². The van der Waals surface area contributed by atoms with E-state index in [0.29, 0.717) is 5.56 Å². The molecule has 2 atom stereocenters. The Morgan fingerprint density at radius 2 is 2.31 bits per heavy atom. The third-order valence-corrected chi connectivity index (χ3v) is 3.00. The molecule has 2 nitrogen and oxygen atoms in total. The van der Waals surface area contributed by atoms with Gasteiger partial charge in [0.25, 0.3) is 0 Å². The van der Waals surface area contributed by atoms with Gasteiger partial charge in [-0.3, -0.25) is 0 Å². The van der Waals surface area contributed by atoms with Crippen LogP contribution in [0.25, 0.3) is 0 Å². The highest BCUT2D eigenvalue weighted by atomic mass is 79.9. The van der Waals surface area contributed by atoms with Crippen molar-refractivity contribution in [2.75, 3.05) is 0 Å². The molecule has 1 heterocycles. The maximum atomic E-state index is 8.68. The maximum absolute atomic E-state index is 8.68. The lowest BCUT2D eigenvalue weighted by Gasteiger charge is -2.05. The Kier molecular flexibility index (Phi) is 2.05. The van der Waals surface area contributed by atoms with E-state index in [9.17, 15) is 0 Å². The molecule has 2 radical (unpaired) electrons. The third kappa shape index (κ3) is 1.34. The Balaban J connectivity index is 2.49. The van der Waals surface area contributed by atoms with Crippen LogP contribution in [0.2, 0.25) is 0 Å². The summed E-state index contributed by atoms with van der Waals surface area (Å²) in [6.07, 6.45) is 0. The Labute approximate surface area is 86.0 Å². The number of fused-ring (bicyclic) bond motifs is 1. The molecule has 1 aliphatic rings. The molecule has 0 fully saturated rings. The molecule has 0 bridgehead atoms. The van der Waals surface area contributed by atoms with Crippen LogP contribution in [0.3, 0.4) is 0 Å². The van der Waals surface area contributed by atoms with E-state index in [1.165, 1.54) is 0 Å². The molecule has 1 aromatic rings. The smallest absolute Gasteiger partial charge is 0.128 e. The maximum Gasteiger partial charge on any atom is 0.128 e. The first kappa shape index (κ1) is 8.64. The van der Waals surface area contributed by atoms with Crippen LogP contribution in [-0.4, -0.2) is 13.8 Å². The van der Waals surface area contributed by atoms with E-state index in [0.717, 1.165) is 11.3 Å². The van der Waals surface area contributed by atoms with Gasteiger partial charge in [-0.05, 0) is 18.2 Å². The highest BCUT2D eigenvalue weighted by molar-refractivity contribution is 9.09. The van der Waals surface area contributed by atoms with Crippen molar-refractivity contribution in [3.8, 4) is 11.8 Å². The molecule has 1 aromatic carbocycles. The first-order valence-electron chi connectivity index (χ1n) is 3.83. The standard InChI is InChI=1S/C9H5BBrNO/c10-9-8(11)6-3-5(4-12)1-2-7(6)13-9/h1-3,8-9H. The van der Waals surface area contributed by atoms with Crippen LogP contribution >= 0.6 is 15.9 Å². The predicted molar refractivity (Wildman–Crippen MR) is 53.0 cm³/mol. The Morgan fingerprint density at radius 1 is 1.54 bits per heavy atom. The zero-order valence-electron chi connectivity index (χ0n) is 6.70. The minimum absolute atomic E-state index is 0.0178. The lowest BCUT2D eigenvalue weighted by molar-refractivity contribution is 0.314. The number of ether oxygens (including phenoxy) is 1. The van der Waals surface area contributed by atoms with Gasteiger partial charge in [-0.1, -0.05) is 15.9 Å². The zero-order valence-corrected chi connectivity index (χ0v) is 8.28. The Bertz CT molecular complexity index is 388. The molecule has 62 valence electrons. The van der Waals surface area contributed by atoms with Crippen LogP contribution in [0.4, 0.5) is 0 Å². The fourth-order valence-corrected chi connectivity index (χ4v) is 1.79. The van der Waals surface area contributed by atoms with E-state index in [1.54, 1.807) is 18.2 Å². The molecule has 2 unspecified atom stereocenters. The summed E-state index contributed by atoms with van der Waals surface area (Å²) in [5.41, 5.74) is 1.58. The zero-order chi connectivity index (χ0) is 9.42. The minimum atomic E-state index is -0.357. The molecule has 0 amide bonds. The Hall–Kier alpha value is -0.945. The molecular weight excluding hydrogens is 229 g/mol. The number of nitriles is 1. The predicted octanol–water partition coefficient (Wildman–Crippen LogP) is 1.88. The molecular formula is C9H5BBrNO. The second kappa shape index (κ2) is 3.08. The van der Waals surface area contributed by atoms with E-state index in [2.05, 4.69) is 22.0 Å². The van der Waals surface area contributed by atoms with Crippen molar-refractivity contribution in [2.24, 2.45) is 0 Å². The second-order valence-electron chi connectivity index (χ2n) is 2.85. The number of halogens is 1. The number of nitrogens with zero attached hydrogens (tertiary/aromatic N) is 1. The molecule has 0 aromatic heterocycles. The van der Waals surface area contributed by atoms with Gasteiger partial charge in [0.1, 0.15) is 13.6 Å². The summed E-state index contributed by atoms with van der Waals surface area (Å²) in [5.74, 6) is 0.758. The summed E-state index contributed by atoms with van der Waals surface area (Å²) >= 11 is 3.41. The third-order valence-electron chi connectivity index (χ3n) is 1.99. The fraction of sp³-hybridized carbons (Fsp3) is 0.222. The van der Waals surface area contributed by atoms with Crippen LogP contribution < -0.4 is 4.74 Å². The van der Waals surface area contributed by atoms with Crippen molar-refractivity contribution in [3.63, 3.8) is 0 Å². The summed E-state index contributed by atoms with van der Waals surface area (Å²) < 4.78 is 5.34. The summed E-state index contributed by atoms with van der Waals surface area (Å²) in [6, 6.07) is 7.00. The lowest BCUT2D eigenvalue weighted by Crippen LogP contribution is -2.13. The summed E-state index contributed by atoms with van der Waals surface area (Å²) in [6.45, 7) is 0. The summed E-state index contributed by atoms with van der Waals surface area (Å²) in [5, 5.41) is 8.68. The van der Waals surface area contributed by atoms with Crippen LogP contribution in [0.5, 0.6) is 5.75 Å². The van der Waals surface area contributed by atoms with Gasteiger partial charge in [-0.15, -0.1) is 0 Å². The van der Waals surface area contributed by atoms with Crippen molar-refractivity contribution < 1.29 is 4.74 Å². The van der Waals surface area contributed by atoms with Crippen molar-refractivity contribution in [1.82, 2.24) is 0 Å². The van der Waals surface area contributed by atoms with Gasteiger partial charge < -0.3 is 4.74 Å². The van der Waals surface area contributed by atoms with E-state index in [4.69, 9.17) is 17.8 Å². The molecule has 13 heavy (non-hydrogen) atoms. The summed E-state index contributed by atoms with van der Waals surface area (Å²) in [4.78, 5) is -0.0178. The largest absolute Gasteiger partial charge is 0.499 e. The van der Waals surface area contributed by atoms with Crippen LogP contribution in [0.15, 0.2) is 18.2 Å². The van der Waals surface area contributed by atoms with Gasteiger partial charge in [0.15, 0.2) is 0 Å². The van der Waals surface area contributed by atoms with Crippen LogP contribution in [0.1, 0.15) is 16.0 Å². The molecule has 1 aliphatic heterocycles. The van der Waals surface area contributed by atoms with Gasteiger partial charge in [0, 0.05) is 5.56 Å². The average Bonchev–Trinajstić information content (AvgIpc) is 2.43. The van der Waals surface area contributed by atoms with E-state index in [-0.39, 0.29) is 10.8 Å². The SMILES string of the molecule is [B]C1Oc2ccc(C#N)cc2C1Br. The van der Waals surface area contributed by atoms with E-state index < -0.39 is 0 Å². The lowest BCUT2D eigenvalue weighted by atomic mass is 9.95. The minimum Gasteiger partial charge on any atom is -0.499 e. The quantitative estimate of drug-likeness (QED) is 0.507. The van der Waals surface area contributed by atoms with E-state index >= 15 is 0 Å². The first-order chi connectivity index (χ1) is 6.22. The molecule has 0 saturated heterocycles. The molecule has 0 N–H and O–H groups in total. The van der Waals surface area contributed by atoms with Crippen LogP contribution in [-0.2, 0) is 0 Å². The van der Waals surface area contributed by atoms with Gasteiger partial charge in [-0.2, -0.15) is 5.26 Å². The first-order valence-corrected chi connectivity index (χ1v) is 4.74. The highest BCUT2D eigenvalue weighted by Gasteiger charge is 2.28. The summed E-state index contributed by atoms with van der Waals surface area (Å²) in [7, 11) is 5.67. The molecule has 0 aliphatic carbocycles. The molecule has 0 saturated carbocycles. The number of hydrogen-bond acceptors (Lipinski definition) is 2. The normalized spacial score (nSPS) is 24.6. The number of hydrogen-bond donors (Lipinski definition) is 0. The molecule has 4 heteroatoms. The molecule has 2 rings (SSSR count). The van der Waals surface area contributed by atoms with Crippen molar-refractivity contribution in [2.45, 2.75) is 10.8 Å². The van der Waals surface area contributed by atoms with E-state index in [1.807, 2.05) is 0 Å². The van der Waals surface area contributed by atoms with Crippen molar-refractivity contribution in [3.05, 3.63) is 29.3 Å². The monoisotopic (exact) mass is 233 g/mol. The fourth-order valence-electron chi connectivity index (χ4n) is 1.32. The number of rotatable bonds is 0. The van der Waals surface area contributed by atoms with Crippen molar-refractivity contribution in [1.29, 1.82) is 5.26 Å². The van der Waals surface area contributed by atoms with Gasteiger partial charge in [-0.25, -0.2) is 0 Å².